The summed E-state index contributed by atoms with van der Waals surface area (Å²) in [7, 11) is -9.77. The second-order valence-corrected chi connectivity index (χ2v) is 23.3. The van der Waals surface area contributed by atoms with E-state index in [9.17, 15) is 25.9 Å². The predicted octanol–water partition coefficient (Wildman–Crippen LogP) is 7.06. The Bertz CT molecular complexity index is 3910. The Balaban J connectivity index is 0.00000210. The fourth-order valence-electron chi connectivity index (χ4n) is 7.80. The third-order valence-corrected chi connectivity index (χ3v) is 16.7. The van der Waals surface area contributed by atoms with E-state index in [0.717, 1.165) is 40.9 Å². The molecule has 0 spiro atoms. The quantitative estimate of drug-likeness (QED) is 0.0273. The van der Waals surface area contributed by atoms with E-state index in [0.29, 0.717) is 32.2 Å². The Morgan fingerprint density at radius 2 is 0.667 bits per heavy atom. The van der Waals surface area contributed by atoms with Crippen LogP contribution in [-0.2, 0) is 20.2 Å². The maximum Gasteiger partial charge on any atom is 1.00 e. The van der Waals surface area contributed by atoms with Gasteiger partial charge in [-0.15, -0.1) is 0 Å². The van der Waals surface area contributed by atoms with Crippen LogP contribution in [0.15, 0.2) is 155 Å². The maximum atomic E-state index is 13.0. The number of benzene rings is 6. The number of hydrogen-bond acceptors (Lipinski definition) is 22. The predicted molar refractivity (Wildman–Crippen MR) is 306 cm³/mol. The summed E-state index contributed by atoms with van der Waals surface area (Å²) in [5, 5.41) is 21.3. The summed E-state index contributed by atoms with van der Waals surface area (Å²) < 4.78 is 76.8. The summed E-state index contributed by atoms with van der Waals surface area (Å²) in [4.78, 5) is 36.2. The zero-order chi connectivity index (χ0) is 52.0. The molecule has 0 aliphatic rings. The first-order valence-electron chi connectivity index (χ1n) is 22.5. The fraction of sp³-hybridized carbons (Fsp3) is 0. The molecular formula is C50H36N14Na2O6S6. The van der Waals surface area contributed by atoms with Crippen LogP contribution in [-0.4, -0.2) is 65.8 Å². The Morgan fingerprint density at radius 1 is 0.372 bits per heavy atom. The van der Waals surface area contributed by atoms with Crippen molar-refractivity contribution in [2.24, 2.45) is 0 Å². The van der Waals surface area contributed by atoms with Crippen molar-refractivity contribution in [3.8, 4) is 0 Å². The number of nitrogens with one attached hydrogen (secondary N) is 6. The topological polar surface area (TPSA) is 284 Å². The van der Waals surface area contributed by atoms with Gasteiger partial charge in [0.25, 0.3) is 20.2 Å². The summed E-state index contributed by atoms with van der Waals surface area (Å²) in [5.41, 5.74) is 3.62. The SMILES string of the molecule is O=S(=O)(O)c1cc(Nc2cc(Nc3nc4ccccc4s3)nc(Nc3nc4ccccc4s3)n2)ccc1C=Cc1ccc(Nc2cc(Nc3nc4ccccc4s3)nc(Nc3nc4ccccc4s3)n2)cc1S(=O)(=O)O.[H-].[H-].[Na+].[Na+]. The van der Waals surface area contributed by atoms with Crippen LogP contribution < -0.4 is 91.0 Å². The molecule has 0 saturated carbocycles. The minimum Gasteiger partial charge on any atom is -1.00 e. The maximum absolute atomic E-state index is 13.0. The van der Waals surface area contributed by atoms with Crippen LogP contribution in [0.1, 0.15) is 14.0 Å². The summed E-state index contributed by atoms with van der Waals surface area (Å²) in [6, 6.07) is 42.3. The standard InChI is InChI=1S/C50H34N14O6S6.2Na.2H/c65-75(66,67)39-23-29(51-41-25-43(61-47-53-31-9-1-5-13-35(31)71-47)59-45(57-41)63-49-55-33-11-3-7-15-37(33)73-49)21-19-27(39)17-18-28-20-22-30(24-40(28)76(68,69)70)52-42-26-44(62-48-54-32-10-2-6-14-36(32)72-48)60-46(58-42)64-50-56-34-12-4-8-16-38(34)74-50;;;;/h1-26H,(H,65,66,67)(H,68,69,70)(H3,51,53,55,57,59,61,63)(H3,52,54,56,58,60,62,64);;;;/q;2*+1;2*-1. The van der Waals surface area contributed by atoms with E-state index in [4.69, 9.17) is 0 Å². The third-order valence-electron chi connectivity index (χ3n) is 11.1. The van der Waals surface area contributed by atoms with E-state index >= 15 is 0 Å². The molecule has 0 aliphatic carbocycles. The minimum atomic E-state index is -4.89. The van der Waals surface area contributed by atoms with Crippen LogP contribution >= 0.6 is 45.3 Å². The minimum absolute atomic E-state index is 0. The molecular weight excluding hydrogens is 1130 g/mol. The Kier molecular flexibility index (Phi) is 16.1. The third kappa shape index (κ3) is 12.6. The summed E-state index contributed by atoms with van der Waals surface area (Å²) in [5.74, 6) is 1.52. The van der Waals surface area contributed by atoms with Crippen molar-refractivity contribution in [1.82, 2.24) is 39.9 Å². The van der Waals surface area contributed by atoms with Crippen LogP contribution in [0, 0.1) is 0 Å². The van der Waals surface area contributed by atoms with Crippen molar-refractivity contribution in [3.63, 3.8) is 0 Å². The van der Waals surface area contributed by atoms with Crippen molar-refractivity contribution >= 4 is 186 Å². The zero-order valence-electron chi connectivity index (χ0n) is 42.6. The van der Waals surface area contributed by atoms with Crippen molar-refractivity contribution in [2.45, 2.75) is 9.79 Å². The number of aromatic nitrogens is 8. The molecule has 12 rings (SSSR count). The second kappa shape index (κ2) is 23.0. The summed E-state index contributed by atoms with van der Waals surface area (Å²) in [6.07, 6.45) is 2.61. The van der Waals surface area contributed by atoms with Crippen LogP contribution in [0.5, 0.6) is 0 Å². The van der Waals surface area contributed by atoms with Crippen LogP contribution in [0.4, 0.5) is 67.1 Å². The number of nitrogens with zero attached hydrogens (tertiary/aromatic N) is 8. The van der Waals surface area contributed by atoms with E-state index in [2.05, 4.69) is 71.8 Å². The molecule has 6 aromatic carbocycles. The van der Waals surface area contributed by atoms with Gasteiger partial charge in [-0.25, -0.2) is 19.9 Å². The molecule has 8 N–H and O–H groups in total. The molecule has 0 aliphatic heterocycles. The smallest absolute Gasteiger partial charge is 1.00 e. The first-order valence-corrected chi connectivity index (χ1v) is 28.6. The normalized spacial score (nSPS) is 11.7. The van der Waals surface area contributed by atoms with Crippen molar-refractivity contribution in [3.05, 3.63) is 157 Å². The first kappa shape index (κ1) is 54.7. The van der Waals surface area contributed by atoms with Crippen LogP contribution in [0.3, 0.4) is 0 Å². The van der Waals surface area contributed by atoms with Gasteiger partial charge in [-0.3, -0.25) is 19.7 Å². The Labute approximate surface area is 506 Å². The van der Waals surface area contributed by atoms with Gasteiger partial charge < -0.3 is 24.1 Å². The molecule has 28 heteroatoms. The summed E-state index contributed by atoms with van der Waals surface area (Å²) in [6.45, 7) is 0. The van der Waals surface area contributed by atoms with E-state index in [-0.39, 0.29) is 108 Å². The van der Waals surface area contributed by atoms with Gasteiger partial charge in [-0.1, -0.05) is 118 Å². The van der Waals surface area contributed by atoms with Gasteiger partial charge in [0.05, 0.1) is 40.9 Å². The van der Waals surface area contributed by atoms with Crippen molar-refractivity contribution in [2.75, 3.05) is 31.9 Å². The Hall–Kier alpha value is -6.60. The van der Waals surface area contributed by atoms with Gasteiger partial charge >= 0.3 is 59.1 Å². The molecule has 0 bridgehead atoms. The monoisotopic (exact) mass is 1170 g/mol. The molecule has 78 heavy (non-hydrogen) atoms. The average Bonchev–Trinajstić information content (AvgIpc) is 4.20. The van der Waals surface area contributed by atoms with E-state index in [1.54, 1.807) is 24.3 Å². The van der Waals surface area contributed by atoms with E-state index in [1.807, 2.05) is 97.1 Å². The van der Waals surface area contributed by atoms with Gasteiger partial charge in [0.1, 0.15) is 33.1 Å². The van der Waals surface area contributed by atoms with Crippen molar-refractivity contribution < 1.29 is 87.9 Å². The van der Waals surface area contributed by atoms with Crippen LogP contribution in [0.2, 0.25) is 0 Å². The number of hydrogen-bond donors (Lipinski definition) is 8. The van der Waals surface area contributed by atoms with Gasteiger partial charge in [-0.05, 0) is 83.9 Å². The van der Waals surface area contributed by atoms with Gasteiger partial charge in [0.15, 0.2) is 20.5 Å². The fourth-order valence-corrected chi connectivity index (χ4v) is 12.7. The average molecular weight is 1170 g/mol. The molecule has 0 radical (unpaired) electrons. The van der Waals surface area contributed by atoms with E-state index in [1.165, 1.54) is 81.8 Å². The molecule has 380 valence electrons. The number of thiazole rings is 4. The molecule has 0 amide bonds. The molecule has 6 heterocycles. The van der Waals surface area contributed by atoms with Crippen molar-refractivity contribution in [1.29, 1.82) is 0 Å². The molecule has 0 fully saturated rings. The summed E-state index contributed by atoms with van der Waals surface area (Å²) >= 11 is 5.69. The van der Waals surface area contributed by atoms with E-state index < -0.39 is 30.0 Å². The second-order valence-electron chi connectivity index (χ2n) is 16.4. The Morgan fingerprint density at radius 3 is 0.974 bits per heavy atom. The number of rotatable bonds is 16. The zero-order valence-corrected chi connectivity index (χ0v) is 49.5. The number of para-hydroxylation sites is 4. The van der Waals surface area contributed by atoms with Gasteiger partial charge in [0, 0.05) is 23.5 Å². The number of anilines is 12. The number of fused-ring (bicyclic) bond motifs is 4. The largest absolute Gasteiger partial charge is 1.00 e. The van der Waals surface area contributed by atoms with Gasteiger partial charge in [0.2, 0.25) is 11.9 Å². The molecule has 20 nitrogen and oxygen atoms in total. The molecule has 12 aromatic rings. The first-order chi connectivity index (χ1) is 36.8. The molecule has 0 saturated heterocycles. The molecule has 6 aromatic heterocycles. The van der Waals surface area contributed by atoms with Gasteiger partial charge in [-0.2, -0.15) is 36.8 Å². The van der Waals surface area contributed by atoms with Crippen LogP contribution in [0.25, 0.3) is 53.0 Å². The molecule has 0 unspecified atom stereocenters. The molecule has 0 atom stereocenters.